The second kappa shape index (κ2) is 7.28. The van der Waals surface area contributed by atoms with Gasteiger partial charge in [-0.1, -0.05) is 29.8 Å². The zero-order valence-corrected chi connectivity index (χ0v) is 14.7. The lowest BCUT2D eigenvalue weighted by atomic mass is 9.97. The van der Waals surface area contributed by atoms with Gasteiger partial charge in [-0.05, 0) is 56.3 Å². The highest BCUT2D eigenvalue weighted by molar-refractivity contribution is 7.12. The Labute approximate surface area is 142 Å². The van der Waals surface area contributed by atoms with E-state index in [1.165, 1.54) is 12.0 Å². The van der Waals surface area contributed by atoms with Crippen molar-refractivity contribution in [2.24, 2.45) is 5.92 Å². The third kappa shape index (κ3) is 3.65. The molecule has 1 aliphatic rings. The van der Waals surface area contributed by atoms with Crippen LogP contribution in [0.1, 0.15) is 28.1 Å². The van der Waals surface area contributed by atoms with Gasteiger partial charge in [0.1, 0.15) is 0 Å². The van der Waals surface area contributed by atoms with Crippen molar-refractivity contribution in [3.63, 3.8) is 0 Å². The number of thiophene rings is 1. The molecule has 2 heterocycles. The summed E-state index contributed by atoms with van der Waals surface area (Å²) in [5, 5.41) is 5.26. The van der Waals surface area contributed by atoms with Crippen LogP contribution in [0.15, 0.2) is 35.7 Å². The highest BCUT2D eigenvalue weighted by atomic mass is 32.1. The van der Waals surface area contributed by atoms with Crippen molar-refractivity contribution >= 4 is 17.2 Å². The second-order valence-corrected chi connectivity index (χ2v) is 7.26. The molecular weight excluding hydrogens is 304 g/mol. The lowest BCUT2D eigenvalue weighted by Gasteiger charge is -2.32. The number of carbonyl (C=O) groups is 1. The molecule has 0 aliphatic carbocycles. The fraction of sp³-hybridized carbons (Fsp3) is 0.421. The molecule has 3 nitrogen and oxygen atoms in total. The van der Waals surface area contributed by atoms with Gasteiger partial charge in [0.25, 0.3) is 5.91 Å². The van der Waals surface area contributed by atoms with E-state index in [0.29, 0.717) is 5.92 Å². The number of nitrogens with zero attached hydrogens (tertiary/aromatic N) is 1. The van der Waals surface area contributed by atoms with E-state index in [-0.39, 0.29) is 5.91 Å². The minimum Gasteiger partial charge on any atom is -0.338 e. The monoisotopic (exact) mass is 328 g/mol. The predicted molar refractivity (Wildman–Crippen MR) is 97.0 cm³/mol. The van der Waals surface area contributed by atoms with Crippen LogP contribution in [0, 0.1) is 12.8 Å². The van der Waals surface area contributed by atoms with Crippen molar-refractivity contribution in [1.29, 1.82) is 0 Å². The van der Waals surface area contributed by atoms with E-state index < -0.39 is 0 Å². The number of amides is 1. The number of aryl methyl sites for hydroxylation is 1. The standard InChI is InChI=1S/C19H24N2OS/c1-14-5-7-16(8-6-14)17-9-11-23-18(17)19(22)21-10-3-4-15(13-21)12-20-2/h5-9,11,15,20H,3-4,10,12-13H2,1-2H3. The largest absolute Gasteiger partial charge is 0.338 e. The quantitative estimate of drug-likeness (QED) is 0.926. The van der Waals surface area contributed by atoms with Crippen molar-refractivity contribution < 1.29 is 4.79 Å². The van der Waals surface area contributed by atoms with Crippen LogP contribution in [0.25, 0.3) is 11.1 Å². The Hall–Kier alpha value is -1.65. The Bertz CT molecular complexity index is 660. The van der Waals surface area contributed by atoms with Crippen LogP contribution < -0.4 is 5.32 Å². The molecule has 1 amide bonds. The molecule has 0 saturated carbocycles. The van der Waals surface area contributed by atoms with Crippen LogP contribution in [0.3, 0.4) is 0 Å². The van der Waals surface area contributed by atoms with Gasteiger partial charge in [-0.2, -0.15) is 0 Å². The van der Waals surface area contributed by atoms with Gasteiger partial charge in [0.2, 0.25) is 0 Å². The molecule has 3 rings (SSSR count). The summed E-state index contributed by atoms with van der Waals surface area (Å²) in [4.78, 5) is 15.9. The van der Waals surface area contributed by atoms with Gasteiger partial charge >= 0.3 is 0 Å². The van der Waals surface area contributed by atoms with Gasteiger partial charge in [0.15, 0.2) is 0 Å². The van der Waals surface area contributed by atoms with Crippen molar-refractivity contribution in [3.8, 4) is 11.1 Å². The molecule has 2 aromatic rings. The summed E-state index contributed by atoms with van der Waals surface area (Å²) in [5.74, 6) is 0.761. The minimum absolute atomic E-state index is 0.191. The van der Waals surface area contributed by atoms with Gasteiger partial charge in [-0.25, -0.2) is 0 Å². The van der Waals surface area contributed by atoms with Crippen molar-refractivity contribution in [1.82, 2.24) is 10.2 Å². The van der Waals surface area contributed by atoms with Gasteiger partial charge in [-0.15, -0.1) is 11.3 Å². The Morgan fingerprint density at radius 2 is 2.09 bits per heavy atom. The van der Waals surface area contributed by atoms with Gasteiger partial charge < -0.3 is 10.2 Å². The first kappa shape index (κ1) is 16.2. The smallest absolute Gasteiger partial charge is 0.264 e. The Balaban J connectivity index is 1.80. The van der Waals surface area contributed by atoms with Crippen molar-refractivity contribution in [3.05, 3.63) is 46.2 Å². The van der Waals surface area contributed by atoms with E-state index >= 15 is 0 Å². The Morgan fingerprint density at radius 3 is 2.83 bits per heavy atom. The number of hydrogen-bond acceptors (Lipinski definition) is 3. The number of likely N-dealkylation sites (tertiary alicyclic amines) is 1. The molecule has 122 valence electrons. The van der Waals surface area contributed by atoms with E-state index in [1.807, 2.05) is 17.3 Å². The molecule has 23 heavy (non-hydrogen) atoms. The normalized spacial score (nSPS) is 18.2. The zero-order chi connectivity index (χ0) is 16.2. The number of carbonyl (C=O) groups excluding carboxylic acids is 1. The van der Waals surface area contributed by atoms with E-state index in [2.05, 4.69) is 42.6 Å². The van der Waals surface area contributed by atoms with E-state index in [9.17, 15) is 4.79 Å². The molecule has 1 saturated heterocycles. The van der Waals surface area contributed by atoms with Crippen LogP contribution in [0.2, 0.25) is 0 Å². The lowest BCUT2D eigenvalue weighted by Crippen LogP contribution is -2.42. The maximum Gasteiger partial charge on any atom is 0.264 e. The molecule has 0 spiro atoms. The highest BCUT2D eigenvalue weighted by Crippen LogP contribution is 2.30. The van der Waals surface area contributed by atoms with Crippen molar-refractivity contribution in [2.75, 3.05) is 26.7 Å². The predicted octanol–water partition coefficient (Wildman–Crippen LogP) is 3.80. The Morgan fingerprint density at radius 1 is 1.30 bits per heavy atom. The highest BCUT2D eigenvalue weighted by Gasteiger charge is 2.26. The number of hydrogen-bond donors (Lipinski definition) is 1. The summed E-state index contributed by atoms with van der Waals surface area (Å²) in [7, 11) is 1.98. The molecule has 1 unspecified atom stereocenters. The SMILES string of the molecule is CNCC1CCCN(C(=O)c2sccc2-c2ccc(C)cc2)C1. The van der Waals surface area contributed by atoms with Crippen LogP contribution in [-0.4, -0.2) is 37.5 Å². The fourth-order valence-electron chi connectivity index (χ4n) is 3.28. The topological polar surface area (TPSA) is 32.3 Å². The first-order chi connectivity index (χ1) is 11.2. The molecule has 1 N–H and O–H groups in total. The maximum absolute atomic E-state index is 13.0. The molecule has 1 aromatic heterocycles. The summed E-state index contributed by atoms with van der Waals surface area (Å²) in [6, 6.07) is 10.5. The molecular formula is C19H24N2OS. The number of rotatable bonds is 4. The molecule has 1 aliphatic heterocycles. The molecule has 0 radical (unpaired) electrons. The first-order valence-electron chi connectivity index (χ1n) is 8.27. The summed E-state index contributed by atoms with van der Waals surface area (Å²) < 4.78 is 0. The zero-order valence-electron chi connectivity index (χ0n) is 13.8. The first-order valence-corrected chi connectivity index (χ1v) is 9.15. The number of benzene rings is 1. The summed E-state index contributed by atoms with van der Waals surface area (Å²) in [6.45, 7) is 4.81. The van der Waals surface area contributed by atoms with Crippen LogP contribution >= 0.6 is 11.3 Å². The van der Waals surface area contributed by atoms with Gasteiger partial charge in [0, 0.05) is 18.7 Å². The fourth-order valence-corrected chi connectivity index (χ4v) is 4.17. The average molecular weight is 328 g/mol. The lowest BCUT2D eigenvalue weighted by molar-refractivity contribution is 0.0680. The average Bonchev–Trinajstić information content (AvgIpc) is 3.05. The third-order valence-corrected chi connectivity index (χ3v) is 5.42. The second-order valence-electron chi connectivity index (χ2n) is 6.35. The molecule has 1 aromatic carbocycles. The van der Waals surface area contributed by atoms with Crippen molar-refractivity contribution in [2.45, 2.75) is 19.8 Å². The van der Waals surface area contributed by atoms with Gasteiger partial charge in [0.05, 0.1) is 4.88 Å². The molecule has 0 bridgehead atoms. The molecule has 1 fully saturated rings. The van der Waals surface area contributed by atoms with E-state index in [4.69, 9.17) is 0 Å². The van der Waals surface area contributed by atoms with Crippen LogP contribution in [-0.2, 0) is 0 Å². The van der Waals surface area contributed by atoms with E-state index in [1.54, 1.807) is 11.3 Å². The van der Waals surface area contributed by atoms with E-state index in [0.717, 1.165) is 42.1 Å². The maximum atomic E-state index is 13.0. The molecule has 4 heteroatoms. The van der Waals surface area contributed by atoms with Crippen LogP contribution in [0.5, 0.6) is 0 Å². The minimum atomic E-state index is 0.191. The number of nitrogens with one attached hydrogen (secondary N) is 1. The summed E-state index contributed by atoms with van der Waals surface area (Å²) in [5.41, 5.74) is 3.43. The molecule has 1 atom stereocenters. The number of piperidine rings is 1. The third-order valence-electron chi connectivity index (χ3n) is 4.52. The summed E-state index contributed by atoms with van der Waals surface area (Å²) >= 11 is 1.56. The van der Waals surface area contributed by atoms with Gasteiger partial charge in [-0.3, -0.25) is 4.79 Å². The summed E-state index contributed by atoms with van der Waals surface area (Å²) in [6.07, 6.45) is 2.31. The van der Waals surface area contributed by atoms with Crippen LogP contribution in [0.4, 0.5) is 0 Å². The Kier molecular flexibility index (Phi) is 5.13.